The van der Waals surface area contributed by atoms with Crippen LogP contribution >= 0.6 is 0 Å². The van der Waals surface area contributed by atoms with Gasteiger partial charge in [0.1, 0.15) is 5.75 Å². The van der Waals surface area contributed by atoms with Gasteiger partial charge in [-0.25, -0.2) is 4.68 Å². The quantitative estimate of drug-likeness (QED) is 0.777. The topological polar surface area (TPSA) is 56.1 Å². The second kappa shape index (κ2) is 7.21. The lowest BCUT2D eigenvalue weighted by Gasteiger charge is -2.05. The molecule has 0 radical (unpaired) electrons. The first-order valence-electron chi connectivity index (χ1n) is 8.11. The highest BCUT2D eigenvalue weighted by molar-refractivity contribution is 5.92. The summed E-state index contributed by atoms with van der Waals surface area (Å²) in [5, 5.41) is 7.33. The minimum atomic E-state index is -0.190. The Morgan fingerprint density at radius 1 is 1.08 bits per heavy atom. The minimum Gasteiger partial charge on any atom is -0.497 e. The van der Waals surface area contributed by atoms with Gasteiger partial charge in [0.15, 0.2) is 5.69 Å². The smallest absolute Gasteiger partial charge is 0.272 e. The fourth-order valence-corrected chi connectivity index (χ4v) is 2.55. The van der Waals surface area contributed by atoms with Crippen molar-refractivity contribution < 1.29 is 9.53 Å². The van der Waals surface area contributed by atoms with Crippen LogP contribution in [-0.2, 0) is 6.54 Å². The van der Waals surface area contributed by atoms with Gasteiger partial charge < -0.3 is 10.1 Å². The van der Waals surface area contributed by atoms with Gasteiger partial charge in [0, 0.05) is 12.2 Å². The average molecular weight is 335 g/mol. The lowest BCUT2D eigenvalue weighted by Crippen LogP contribution is -2.23. The summed E-state index contributed by atoms with van der Waals surface area (Å²) in [6.07, 6.45) is 0. The van der Waals surface area contributed by atoms with Crippen LogP contribution in [0.2, 0.25) is 0 Å². The second-order valence-electron chi connectivity index (χ2n) is 5.95. The third kappa shape index (κ3) is 3.88. The Hall–Kier alpha value is -3.08. The molecule has 0 unspecified atom stereocenters. The van der Waals surface area contributed by atoms with E-state index in [1.807, 2.05) is 62.4 Å². The first-order valence-corrected chi connectivity index (χ1v) is 8.11. The molecule has 0 bridgehead atoms. The number of nitrogens with zero attached hydrogens (tertiary/aromatic N) is 2. The van der Waals surface area contributed by atoms with E-state index in [0.29, 0.717) is 12.2 Å². The Kier molecular flexibility index (Phi) is 4.84. The fourth-order valence-electron chi connectivity index (χ4n) is 2.55. The number of rotatable bonds is 5. The van der Waals surface area contributed by atoms with Crippen molar-refractivity contribution in [1.82, 2.24) is 15.1 Å². The van der Waals surface area contributed by atoms with E-state index in [4.69, 9.17) is 4.74 Å². The molecule has 0 saturated heterocycles. The highest BCUT2D eigenvalue weighted by Crippen LogP contribution is 2.14. The summed E-state index contributed by atoms with van der Waals surface area (Å²) < 4.78 is 6.91. The summed E-state index contributed by atoms with van der Waals surface area (Å²) in [6, 6.07) is 17.4. The summed E-state index contributed by atoms with van der Waals surface area (Å²) in [7, 11) is 1.63. The van der Waals surface area contributed by atoms with Crippen LogP contribution in [0.1, 0.15) is 27.3 Å². The number of nitrogens with one attached hydrogen (secondary N) is 1. The summed E-state index contributed by atoms with van der Waals surface area (Å²) in [5.74, 6) is 0.604. The molecule has 0 atom stereocenters. The molecule has 0 aliphatic carbocycles. The molecule has 1 aromatic heterocycles. The Morgan fingerprint density at radius 2 is 1.76 bits per heavy atom. The Bertz CT molecular complexity index is 865. The molecule has 1 N–H and O–H groups in total. The Balaban J connectivity index is 1.70. The number of ether oxygens (including phenoxy) is 1. The molecular formula is C20H21N3O2. The van der Waals surface area contributed by atoms with Gasteiger partial charge in [-0.05, 0) is 49.7 Å². The third-order valence-corrected chi connectivity index (χ3v) is 4.01. The molecule has 0 saturated carbocycles. The van der Waals surface area contributed by atoms with Gasteiger partial charge in [0.25, 0.3) is 5.91 Å². The van der Waals surface area contributed by atoms with E-state index >= 15 is 0 Å². The van der Waals surface area contributed by atoms with Crippen LogP contribution in [0.4, 0.5) is 0 Å². The average Bonchev–Trinajstić information content (AvgIpc) is 3.02. The van der Waals surface area contributed by atoms with Crippen molar-refractivity contribution in [3.63, 3.8) is 0 Å². The SMILES string of the molecule is COc1ccc(CNC(=O)c2cc(C)n(-c3ccc(C)cc3)n2)cc1. The van der Waals surface area contributed by atoms with E-state index in [1.54, 1.807) is 17.9 Å². The predicted octanol–water partition coefficient (Wildman–Crippen LogP) is 3.43. The molecule has 128 valence electrons. The van der Waals surface area contributed by atoms with E-state index in [9.17, 15) is 4.79 Å². The minimum absolute atomic E-state index is 0.190. The maximum Gasteiger partial charge on any atom is 0.272 e. The largest absolute Gasteiger partial charge is 0.497 e. The molecule has 2 aromatic carbocycles. The molecule has 0 aliphatic rings. The zero-order chi connectivity index (χ0) is 17.8. The summed E-state index contributed by atoms with van der Waals surface area (Å²) >= 11 is 0. The molecule has 0 spiro atoms. The van der Waals surface area contributed by atoms with E-state index in [-0.39, 0.29) is 5.91 Å². The van der Waals surface area contributed by atoms with Crippen molar-refractivity contribution in [3.8, 4) is 11.4 Å². The molecule has 3 rings (SSSR count). The first kappa shape index (κ1) is 16.8. The lowest BCUT2D eigenvalue weighted by molar-refractivity contribution is 0.0945. The van der Waals surface area contributed by atoms with Gasteiger partial charge in [-0.15, -0.1) is 0 Å². The zero-order valence-corrected chi connectivity index (χ0v) is 14.6. The van der Waals surface area contributed by atoms with E-state index < -0.39 is 0 Å². The highest BCUT2D eigenvalue weighted by Gasteiger charge is 2.13. The number of amides is 1. The Morgan fingerprint density at radius 3 is 2.40 bits per heavy atom. The summed E-state index contributed by atoms with van der Waals surface area (Å²) in [4.78, 5) is 12.4. The number of methoxy groups -OCH3 is 1. The number of hydrogen-bond acceptors (Lipinski definition) is 3. The molecular weight excluding hydrogens is 314 g/mol. The normalized spacial score (nSPS) is 10.5. The van der Waals surface area contributed by atoms with Gasteiger partial charge in [0.05, 0.1) is 12.8 Å². The highest BCUT2D eigenvalue weighted by atomic mass is 16.5. The third-order valence-electron chi connectivity index (χ3n) is 4.01. The first-order chi connectivity index (χ1) is 12.1. The van der Waals surface area contributed by atoms with Gasteiger partial charge in [-0.2, -0.15) is 5.10 Å². The zero-order valence-electron chi connectivity index (χ0n) is 14.6. The van der Waals surface area contributed by atoms with Gasteiger partial charge in [0.2, 0.25) is 0 Å². The molecule has 25 heavy (non-hydrogen) atoms. The number of carbonyl (C=O) groups excluding carboxylic acids is 1. The number of carbonyl (C=O) groups is 1. The van der Waals surface area contributed by atoms with Crippen LogP contribution in [0.5, 0.6) is 5.75 Å². The van der Waals surface area contributed by atoms with E-state index in [1.165, 1.54) is 5.56 Å². The second-order valence-corrected chi connectivity index (χ2v) is 5.95. The van der Waals surface area contributed by atoms with E-state index in [0.717, 1.165) is 22.7 Å². The number of hydrogen-bond donors (Lipinski definition) is 1. The van der Waals surface area contributed by atoms with Crippen LogP contribution in [0, 0.1) is 13.8 Å². The number of benzene rings is 2. The van der Waals surface area contributed by atoms with Gasteiger partial charge >= 0.3 is 0 Å². The molecule has 1 heterocycles. The van der Waals surface area contributed by atoms with Crippen molar-refractivity contribution in [1.29, 1.82) is 0 Å². The fraction of sp³-hybridized carbons (Fsp3) is 0.200. The van der Waals surface area contributed by atoms with Crippen molar-refractivity contribution in [2.45, 2.75) is 20.4 Å². The monoisotopic (exact) mass is 335 g/mol. The maximum absolute atomic E-state index is 12.4. The van der Waals surface area contributed by atoms with Crippen LogP contribution in [0.3, 0.4) is 0 Å². The molecule has 5 heteroatoms. The Labute approximate surface area is 147 Å². The maximum atomic E-state index is 12.4. The molecule has 1 amide bonds. The van der Waals surface area contributed by atoms with Crippen LogP contribution < -0.4 is 10.1 Å². The molecule has 5 nitrogen and oxygen atoms in total. The van der Waals surface area contributed by atoms with Crippen molar-refractivity contribution in [3.05, 3.63) is 77.1 Å². The summed E-state index contributed by atoms with van der Waals surface area (Å²) in [6.45, 7) is 4.42. The standard InChI is InChI=1S/C20H21N3O2/c1-14-4-8-17(9-5-14)23-15(2)12-19(22-23)20(24)21-13-16-6-10-18(25-3)11-7-16/h4-12H,13H2,1-3H3,(H,21,24). The van der Waals surface area contributed by atoms with Crippen LogP contribution in [-0.4, -0.2) is 22.8 Å². The van der Waals surface area contributed by atoms with Gasteiger partial charge in [-0.3, -0.25) is 4.79 Å². The predicted molar refractivity (Wildman–Crippen MR) is 97.2 cm³/mol. The van der Waals surface area contributed by atoms with Gasteiger partial charge in [-0.1, -0.05) is 29.8 Å². The van der Waals surface area contributed by atoms with Crippen LogP contribution in [0.25, 0.3) is 5.69 Å². The van der Waals surface area contributed by atoms with Crippen molar-refractivity contribution in [2.24, 2.45) is 0 Å². The van der Waals surface area contributed by atoms with E-state index in [2.05, 4.69) is 10.4 Å². The number of aromatic nitrogens is 2. The number of aryl methyl sites for hydroxylation is 2. The van der Waals surface area contributed by atoms with Crippen molar-refractivity contribution in [2.75, 3.05) is 7.11 Å². The molecule has 0 aliphatic heterocycles. The summed E-state index contributed by atoms with van der Waals surface area (Å²) in [5.41, 5.74) is 4.46. The molecule has 3 aromatic rings. The van der Waals surface area contributed by atoms with Crippen molar-refractivity contribution >= 4 is 5.91 Å². The molecule has 0 fully saturated rings. The van der Waals surface area contributed by atoms with Crippen LogP contribution in [0.15, 0.2) is 54.6 Å². The lowest BCUT2D eigenvalue weighted by atomic mass is 10.2.